The van der Waals surface area contributed by atoms with Gasteiger partial charge in [0.05, 0.1) is 5.69 Å². The summed E-state index contributed by atoms with van der Waals surface area (Å²) in [6.45, 7) is 8.19. The van der Waals surface area contributed by atoms with Gasteiger partial charge < -0.3 is 40.5 Å². The Hall–Kier alpha value is -2.73. The second-order valence-electron chi connectivity index (χ2n) is 9.82. The normalized spacial score (nSPS) is 24.5. The first-order valence-corrected chi connectivity index (χ1v) is 11.6. The fourth-order valence-electron chi connectivity index (χ4n) is 3.62. The number of benzene rings is 1. The van der Waals surface area contributed by atoms with Crippen molar-refractivity contribution >= 4 is 23.5 Å². The van der Waals surface area contributed by atoms with E-state index >= 15 is 0 Å². The minimum atomic E-state index is -1.85. The first-order chi connectivity index (χ1) is 16.3. The number of aliphatic hydroxyl groups is 3. The van der Waals surface area contributed by atoms with E-state index < -0.39 is 42.6 Å². The third-order valence-corrected chi connectivity index (χ3v) is 5.26. The van der Waals surface area contributed by atoms with Crippen molar-refractivity contribution in [3.8, 4) is 5.75 Å². The third-order valence-electron chi connectivity index (χ3n) is 5.26. The van der Waals surface area contributed by atoms with Crippen molar-refractivity contribution in [2.75, 3.05) is 11.9 Å². The van der Waals surface area contributed by atoms with Crippen molar-refractivity contribution in [1.82, 2.24) is 5.32 Å². The highest BCUT2D eigenvalue weighted by molar-refractivity contribution is 5.92. The lowest BCUT2D eigenvalue weighted by Crippen LogP contribution is -2.61. The Balaban J connectivity index is 2.22. The van der Waals surface area contributed by atoms with Crippen LogP contribution in [0.25, 0.3) is 0 Å². The molecule has 196 valence electrons. The monoisotopic (exact) mass is 496 g/mol. The minimum Gasteiger partial charge on any atom is -0.479 e. The number of carbonyl (C=O) groups is 3. The number of anilines is 1. The number of carboxylic acids is 1. The summed E-state index contributed by atoms with van der Waals surface area (Å²) in [6.07, 6.45) is -7.09. The summed E-state index contributed by atoms with van der Waals surface area (Å²) >= 11 is 0. The molecule has 11 heteroatoms. The summed E-state index contributed by atoms with van der Waals surface area (Å²) in [5, 5.41) is 44.8. The molecule has 1 aliphatic rings. The Morgan fingerprint density at radius 2 is 1.71 bits per heavy atom. The predicted molar refractivity (Wildman–Crippen MR) is 126 cm³/mol. The summed E-state index contributed by atoms with van der Waals surface area (Å²) in [7, 11) is 0. The van der Waals surface area contributed by atoms with Crippen LogP contribution in [0.15, 0.2) is 18.2 Å². The fraction of sp³-hybridized carbons (Fsp3) is 0.625. The fourth-order valence-corrected chi connectivity index (χ4v) is 3.62. The van der Waals surface area contributed by atoms with E-state index in [0.717, 1.165) is 5.56 Å². The lowest BCUT2D eigenvalue weighted by molar-refractivity contribution is -0.271. The van der Waals surface area contributed by atoms with E-state index in [9.17, 15) is 34.8 Å². The number of aliphatic hydroxyl groups excluding tert-OH is 3. The van der Waals surface area contributed by atoms with Gasteiger partial charge in [-0.05, 0) is 36.0 Å². The summed E-state index contributed by atoms with van der Waals surface area (Å²) in [5.74, 6) is -2.00. The molecule has 2 amide bonds. The van der Waals surface area contributed by atoms with E-state index in [1.807, 2.05) is 6.92 Å². The summed E-state index contributed by atoms with van der Waals surface area (Å²) in [5.41, 5.74) is 1.09. The van der Waals surface area contributed by atoms with Crippen molar-refractivity contribution in [2.45, 2.75) is 84.1 Å². The zero-order valence-electron chi connectivity index (χ0n) is 20.5. The molecule has 1 fully saturated rings. The van der Waals surface area contributed by atoms with Crippen LogP contribution in [0.5, 0.6) is 5.75 Å². The lowest BCUT2D eigenvalue weighted by Gasteiger charge is -2.38. The molecule has 6 N–H and O–H groups in total. The molecular formula is C24H36N2O9. The van der Waals surface area contributed by atoms with E-state index in [1.165, 1.54) is 0 Å². The van der Waals surface area contributed by atoms with E-state index in [-0.39, 0.29) is 35.7 Å². The van der Waals surface area contributed by atoms with Gasteiger partial charge >= 0.3 is 5.97 Å². The molecule has 0 bridgehead atoms. The van der Waals surface area contributed by atoms with Crippen molar-refractivity contribution in [3.05, 3.63) is 23.8 Å². The van der Waals surface area contributed by atoms with Crippen LogP contribution in [-0.2, 0) is 25.5 Å². The van der Waals surface area contributed by atoms with Gasteiger partial charge in [0.25, 0.3) is 0 Å². The molecule has 1 aliphatic heterocycles. The minimum absolute atomic E-state index is 0.00689. The number of carboxylic acid groups (broad SMARTS) is 1. The number of hydrogen-bond donors (Lipinski definition) is 6. The van der Waals surface area contributed by atoms with Gasteiger partial charge in [0.15, 0.2) is 6.10 Å². The van der Waals surface area contributed by atoms with Crippen LogP contribution < -0.4 is 15.4 Å². The van der Waals surface area contributed by atoms with Gasteiger partial charge in [-0.15, -0.1) is 0 Å². The molecule has 0 saturated carbocycles. The molecule has 1 heterocycles. The molecule has 0 spiro atoms. The average Bonchev–Trinajstić information content (AvgIpc) is 2.74. The maximum absolute atomic E-state index is 12.5. The highest BCUT2D eigenvalue weighted by atomic mass is 16.7. The zero-order valence-corrected chi connectivity index (χ0v) is 20.5. The topological polar surface area (TPSA) is 175 Å². The van der Waals surface area contributed by atoms with Crippen LogP contribution in [0.3, 0.4) is 0 Å². The van der Waals surface area contributed by atoms with Crippen molar-refractivity contribution in [1.29, 1.82) is 0 Å². The largest absolute Gasteiger partial charge is 0.479 e. The van der Waals surface area contributed by atoms with Crippen molar-refractivity contribution < 1.29 is 44.3 Å². The number of nitrogens with one attached hydrogen (secondary N) is 2. The van der Waals surface area contributed by atoms with Gasteiger partial charge in [-0.25, -0.2) is 4.79 Å². The Morgan fingerprint density at radius 3 is 2.31 bits per heavy atom. The van der Waals surface area contributed by atoms with Crippen molar-refractivity contribution in [2.24, 2.45) is 5.41 Å². The van der Waals surface area contributed by atoms with Gasteiger partial charge in [-0.3, -0.25) is 9.59 Å². The maximum atomic E-state index is 12.5. The highest BCUT2D eigenvalue weighted by Gasteiger charge is 2.48. The smallest absolute Gasteiger partial charge is 0.335 e. The molecule has 5 atom stereocenters. The SMILES string of the molecule is CCCC(=O)NCCC(=O)Nc1cc(CC(C)(C)C)ccc1O[C@@H]1O[C@H](C(=O)O)[C@@H](O)[C@H](O)[C@H]1O. The number of amides is 2. The second kappa shape index (κ2) is 12.3. The standard InChI is InChI=1S/C24H36N2O9/c1-5-6-16(27)25-10-9-17(28)26-14-11-13(12-24(2,3)4)7-8-15(14)34-23-20(31)18(29)19(30)21(35-23)22(32)33/h7-8,11,18-21,23,29-31H,5-6,9-10,12H2,1-4H3,(H,25,27)(H,26,28)(H,32,33)/t18-,19-,20+,21-,23+/m0/s1. The second-order valence-corrected chi connectivity index (χ2v) is 9.82. The zero-order chi connectivity index (χ0) is 26.3. The Kier molecular flexibility index (Phi) is 10.0. The molecule has 1 aromatic carbocycles. The van der Waals surface area contributed by atoms with E-state index in [1.54, 1.807) is 18.2 Å². The Morgan fingerprint density at radius 1 is 1.03 bits per heavy atom. The van der Waals surface area contributed by atoms with Gasteiger partial charge in [0.1, 0.15) is 24.1 Å². The maximum Gasteiger partial charge on any atom is 0.335 e. The van der Waals surface area contributed by atoms with Crippen LogP contribution >= 0.6 is 0 Å². The number of rotatable bonds is 10. The molecule has 1 saturated heterocycles. The van der Waals surface area contributed by atoms with Crippen molar-refractivity contribution in [3.63, 3.8) is 0 Å². The Bertz CT molecular complexity index is 899. The molecule has 0 radical (unpaired) electrons. The van der Waals surface area contributed by atoms with Crippen LogP contribution in [0.4, 0.5) is 5.69 Å². The lowest BCUT2D eigenvalue weighted by atomic mass is 9.88. The molecule has 11 nitrogen and oxygen atoms in total. The summed E-state index contributed by atoms with van der Waals surface area (Å²) in [4.78, 5) is 35.5. The molecule has 2 rings (SSSR count). The Labute approximate surface area is 204 Å². The van der Waals surface area contributed by atoms with Gasteiger partial charge in [-0.1, -0.05) is 33.8 Å². The first-order valence-electron chi connectivity index (χ1n) is 11.6. The van der Waals surface area contributed by atoms with E-state index in [2.05, 4.69) is 31.4 Å². The summed E-state index contributed by atoms with van der Waals surface area (Å²) in [6, 6.07) is 5.00. The molecule has 0 unspecified atom stereocenters. The first kappa shape index (κ1) is 28.5. The van der Waals surface area contributed by atoms with Crippen LogP contribution in [0.2, 0.25) is 0 Å². The molecule has 1 aromatic rings. The van der Waals surface area contributed by atoms with Crippen LogP contribution in [0, 0.1) is 5.41 Å². The summed E-state index contributed by atoms with van der Waals surface area (Å²) < 4.78 is 10.9. The van der Waals surface area contributed by atoms with Gasteiger partial charge in [0, 0.05) is 19.4 Å². The van der Waals surface area contributed by atoms with Gasteiger partial charge in [0.2, 0.25) is 18.1 Å². The highest BCUT2D eigenvalue weighted by Crippen LogP contribution is 2.32. The molecule has 0 aromatic heterocycles. The quantitative estimate of drug-likeness (QED) is 0.274. The number of carbonyl (C=O) groups excluding carboxylic acids is 2. The van der Waals surface area contributed by atoms with E-state index in [0.29, 0.717) is 19.3 Å². The predicted octanol–water partition coefficient (Wildman–Crippen LogP) is 0.791. The van der Waals surface area contributed by atoms with Crippen LogP contribution in [-0.4, -0.2) is 75.5 Å². The van der Waals surface area contributed by atoms with E-state index in [4.69, 9.17) is 9.47 Å². The van der Waals surface area contributed by atoms with Crippen LogP contribution in [0.1, 0.15) is 52.5 Å². The molecule has 35 heavy (non-hydrogen) atoms. The third kappa shape index (κ3) is 8.46. The molecule has 0 aliphatic carbocycles. The number of hydrogen-bond acceptors (Lipinski definition) is 8. The number of ether oxygens (including phenoxy) is 2. The van der Waals surface area contributed by atoms with Gasteiger partial charge in [-0.2, -0.15) is 0 Å². The average molecular weight is 497 g/mol. The number of aliphatic carboxylic acids is 1. The molecular weight excluding hydrogens is 460 g/mol.